The largest absolute Gasteiger partial charge is 0.381 e. The van der Waals surface area contributed by atoms with E-state index in [4.69, 9.17) is 15.5 Å². The molecule has 16 heavy (non-hydrogen) atoms. The Hall–Kier alpha value is -0.870. The normalized spacial score (nSPS) is 29.3. The Kier molecular flexibility index (Phi) is 2.69. The van der Waals surface area contributed by atoms with Crippen molar-refractivity contribution in [1.82, 2.24) is 9.55 Å². The zero-order chi connectivity index (χ0) is 11.0. The summed E-state index contributed by atoms with van der Waals surface area (Å²) in [6.07, 6.45) is 6.54. The summed E-state index contributed by atoms with van der Waals surface area (Å²) in [7, 11) is 0. The third-order valence-electron chi connectivity index (χ3n) is 3.60. The fourth-order valence-electron chi connectivity index (χ4n) is 2.67. The second kappa shape index (κ2) is 4.18. The molecule has 1 saturated heterocycles. The van der Waals surface area contributed by atoms with Crippen molar-refractivity contribution in [3.8, 4) is 0 Å². The highest BCUT2D eigenvalue weighted by Crippen LogP contribution is 2.20. The highest BCUT2D eigenvalue weighted by atomic mass is 16.5. The standard InChI is InChI=1S/C12H19N3O/c13-10-1-2-12-14-11(7-15(12)6-10)5-9-3-4-16-8-9/h7,9-10H,1-6,8,13H2. The Bertz CT molecular complexity index is 368. The first-order chi connectivity index (χ1) is 7.81. The molecule has 3 rings (SSSR count). The van der Waals surface area contributed by atoms with Crippen LogP contribution in [0.25, 0.3) is 0 Å². The van der Waals surface area contributed by atoms with E-state index in [9.17, 15) is 0 Å². The van der Waals surface area contributed by atoms with Crippen molar-refractivity contribution in [1.29, 1.82) is 0 Å². The van der Waals surface area contributed by atoms with Crippen molar-refractivity contribution < 1.29 is 4.74 Å². The number of hydrogen-bond donors (Lipinski definition) is 1. The van der Waals surface area contributed by atoms with Crippen LogP contribution >= 0.6 is 0 Å². The molecule has 4 heteroatoms. The van der Waals surface area contributed by atoms with Gasteiger partial charge in [-0.2, -0.15) is 0 Å². The minimum atomic E-state index is 0.310. The van der Waals surface area contributed by atoms with E-state index < -0.39 is 0 Å². The van der Waals surface area contributed by atoms with E-state index in [0.29, 0.717) is 12.0 Å². The molecular formula is C12H19N3O. The number of aromatic nitrogens is 2. The van der Waals surface area contributed by atoms with Gasteiger partial charge in [0.1, 0.15) is 5.82 Å². The predicted octanol–water partition coefficient (Wildman–Crippen LogP) is 0.736. The van der Waals surface area contributed by atoms with Crippen LogP contribution in [0, 0.1) is 5.92 Å². The van der Waals surface area contributed by atoms with Crippen LogP contribution in [0.4, 0.5) is 0 Å². The van der Waals surface area contributed by atoms with Gasteiger partial charge < -0.3 is 15.0 Å². The van der Waals surface area contributed by atoms with Crippen molar-refractivity contribution in [3.05, 3.63) is 17.7 Å². The number of aryl methyl sites for hydroxylation is 1. The number of rotatable bonds is 2. The molecule has 2 unspecified atom stereocenters. The maximum atomic E-state index is 5.95. The smallest absolute Gasteiger partial charge is 0.109 e. The molecule has 0 radical (unpaired) electrons. The zero-order valence-electron chi connectivity index (χ0n) is 9.56. The predicted molar refractivity (Wildman–Crippen MR) is 61.2 cm³/mol. The first kappa shape index (κ1) is 10.3. The third kappa shape index (κ3) is 1.99. The summed E-state index contributed by atoms with van der Waals surface area (Å²) in [6.45, 7) is 2.76. The van der Waals surface area contributed by atoms with Crippen molar-refractivity contribution >= 4 is 0 Å². The van der Waals surface area contributed by atoms with Gasteiger partial charge in [0, 0.05) is 38.4 Å². The Labute approximate surface area is 95.8 Å². The van der Waals surface area contributed by atoms with E-state index in [1.165, 1.54) is 17.9 Å². The van der Waals surface area contributed by atoms with Gasteiger partial charge in [-0.05, 0) is 25.2 Å². The number of imidazole rings is 1. The molecule has 0 aromatic carbocycles. The van der Waals surface area contributed by atoms with E-state index in [2.05, 4.69) is 10.8 Å². The molecule has 2 aliphatic rings. The lowest BCUT2D eigenvalue weighted by Gasteiger charge is -2.19. The maximum absolute atomic E-state index is 5.95. The number of nitrogens with two attached hydrogens (primary N) is 1. The monoisotopic (exact) mass is 221 g/mol. The molecule has 88 valence electrons. The topological polar surface area (TPSA) is 53.1 Å². The lowest BCUT2D eigenvalue weighted by Crippen LogP contribution is -2.31. The van der Waals surface area contributed by atoms with Gasteiger partial charge in [-0.3, -0.25) is 0 Å². The van der Waals surface area contributed by atoms with Crippen molar-refractivity contribution in [2.24, 2.45) is 11.7 Å². The summed E-state index contributed by atoms with van der Waals surface area (Å²) in [5, 5.41) is 0. The molecule has 2 atom stereocenters. The first-order valence-electron chi connectivity index (χ1n) is 6.19. The van der Waals surface area contributed by atoms with Gasteiger partial charge in [0.2, 0.25) is 0 Å². The van der Waals surface area contributed by atoms with Gasteiger partial charge >= 0.3 is 0 Å². The summed E-state index contributed by atoms with van der Waals surface area (Å²) in [4.78, 5) is 4.70. The molecule has 0 spiro atoms. The minimum Gasteiger partial charge on any atom is -0.381 e. The molecule has 1 fully saturated rings. The van der Waals surface area contributed by atoms with Crippen molar-refractivity contribution in [2.45, 2.75) is 38.3 Å². The van der Waals surface area contributed by atoms with Crippen LogP contribution in [0.15, 0.2) is 6.20 Å². The average molecular weight is 221 g/mol. The van der Waals surface area contributed by atoms with Crippen LogP contribution in [-0.4, -0.2) is 28.8 Å². The Balaban J connectivity index is 1.71. The summed E-state index contributed by atoms with van der Waals surface area (Å²) in [6, 6.07) is 0.310. The molecule has 0 amide bonds. The van der Waals surface area contributed by atoms with Crippen LogP contribution in [0.2, 0.25) is 0 Å². The third-order valence-corrected chi connectivity index (χ3v) is 3.60. The van der Waals surface area contributed by atoms with Gasteiger partial charge in [-0.25, -0.2) is 4.98 Å². The summed E-state index contributed by atoms with van der Waals surface area (Å²) < 4.78 is 7.63. The van der Waals surface area contributed by atoms with Crippen LogP contribution in [0.3, 0.4) is 0 Å². The second-order valence-corrected chi connectivity index (χ2v) is 5.03. The number of nitrogens with zero attached hydrogens (tertiary/aromatic N) is 2. The van der Waals surface area contributed by atoms with Gasteiger partial charge in [-0.15, -0.1) is 0 Å². The molecule has 0 saturated carbocycles. The Morgan fingerprint density at radius 2 is 2.44 bits per heavy atom. The molecular weight excluding hydrogens is 202 g/mol. The van der Waals surface area contributed by atoms with Crippen LogP contribution in [0.5, 0.6) is 0 Å². The van der Waals surface area contributed by atoms with Gasteiger partial charge in [0.05, 0.1) is 5.69 Å². The fraction of sp³-hybridized carbons (Fsp3) is 0.750. The first-order valence-corrected chi connectivity index (χ1v) is 6.19. The average Bonchev–Trinajstić information content (AvgIpc) is 2.86. The zero-order valence-corrected chi connectivity index (χ0v) is 9.56. The van der Waals surface area contributed by atoms with Crippen molar-refractivity contribution in [2.75, 3.05) is 13.2 Å². The van der Waals surface area contributed by atoms with E-state index in [1.54, 1.807) is 0 Å². The van der Waals surface area contributed by atoms with E-state index in [1.807, 2.05) is 0 Å². The summed E-state index contributed by atoms with van der Waals surface area (Å²) >= 11 is 0. The Morgan fingerprint density at radius 3 is 3.25 bits per heavy atom. The molecule has 1 aromatic heterocycles. The quantitative estimate of drug-likeness (QED) is 0.801. The molecule has 2 N–H and O–H groups in total. The molecule has 2 aliphatic heterocycles. The second-order valence-electron chi connectivity index (χ2n) is 5.03. The maximum Gasteiger partial charge on any atom is 0.109 e. The van der Waals surface area contributed by atoms with E-state index in [0.717, 1.165) is 39.0 Å². The highest BCUT2D eigenvalue weighted by molar-refractivity contribution is 5.08. The number of hydrogen-bond acceptors (Lipinski definition) is 3. The molecule has 0 aliphatic carbocycles. The molecule has 4 nitrogen and oxygen atoms in total. The lowest BCUT2D eigenvalue weighted by atomic mass is 10.0. The fourth-order valence-corrected chi connectivity index (χ4v) is 2.67. The van der Waals surface area contributed by atoms with Gasteiger partial charge in [0.25, 0.3) is 0 Å². The number of ether oxygens (including phenoxy) is 1. The summed E-state index contributed by atoms with van der Waals surface area (Å²) in [5.74, 6) is 1.89. The molecule has 0 bridgehead atoms. The van der Waals surface area contributed by atoms with E-state index >= 15 is 0 Å². The Morgan fingerprint density at radius 1 is 1.50 bits per heavy atom. The van der Waals surface area contributed by atoms with Crippen LogP contribution in [-0.2, 0) is 24.1 Å². The van der Waals surface area contributed by atoms with Crippen LogP contribution < -0.4 is 5.73 Å². The summed E-state index contributed by atoms with van der Waals surface area (Å²) in [5.41, 5.74) is 7.18. The van der Waals surface area contributed by atoms with Crippen LogP contribution in [0.1, 0.15) is 24.4 Å². The van der Waals surface area contributed by atoms with Gasteiger partial charge in [-0.1, -0.05) is 0 Å². The minimum absolute atomic E-state index is 0.310. The van der Waals surface area contributed by atoms with Crippen molar-refractivity contribution in [3.63, 3.8) is 0 Å². The highest BCUT2D eigenvalue weighted by Gasteiger charge is 2.21. The van der Waals surface area contributed by atoms with Gasteiger partial charge in [0.15, 0.2) is 0 Å². The lowest BCUT2D eigenvalue weighted by molar-refractivity contribution is 0.185. The SMILES string of the molecule is NC1CCc2nc(CC3CCOC3)cn2C1. The molecule has 1 aromatic rings. The number of fused-ring (bicyclic) bond motifs is 1. The van der Waals surface area contributed by atoms with E-state index in [-0.39, 0.29) is 0 Å². The molecule has 3 heterocycles.